The number of hydrogen-bond acceptors (Lipinski definition) is 4. The first kappa shape index (κ1) is 19.3. The highest BCUT2D eigenvalue weighted by Gasteiger charge is 2.70. The lowest BCUT2D eigenvalue weighted by molar-refractivity contribution is 0.101. The molecule has 2 aromatic carbocycles. The van der Waals surface area contributed by atoms with E-state index in [1.54, 1.807) is 24.3 Å². The third-order valence-electron chi connectivity index (χ3n) is 5.02. The first-order chi connectivity index (χ1) is 12.4. The van der Waals surface area contributed by atoms with Gasteiger partial charge in [0.25, 0.3) is 0 Å². The second-order valence-corrected chi connectivity index (χ2v) is 9.03. The molecule has 2 aromatic rings. The summed E-state index contributed by atoms with van der Waals surface area (Å²) < 4.78 is 45.8. The van der Waals surface area contributed by atoms with Gasteiger partial charge in [0.05, 0.1) is 16.8 Å². The molecule has 0 heterocycles. The van der Waals surface area contributed by atoms with Gasteiger partial charge in [0.1, 0.15) is 5.82 Å². The molecule has 0 saturated heterocycles. The predicted molar refractivity (Wildman–Crippen MR) is 99.5 cm³/mol. The predicted octanol–water partition coefficient (Wildman–Crippen LogP) is 3.40. The summed E-state index contributed by atoms with van der Waals surface area (Å²) in [6.45, 7) is 2.63. The third kappa shape index (κ3) is 3.27. The zero-order chi connectivity index (χ0) is 18.9. The van der Waals surface area contributed by atoms with Crippen LogP contribution in [0.25, 0.3) is 0 Å². The van der Waals surface area contributed by atoms with Crippen molar-refractivity contribution in [3.05, 3.63) is 64.9 Å². The molecule has 1 saturated carbocycles. The van der Waals surface area contributed by atoms with Gasteiger partial charge in [-0.15, -0.1) is 0 Å². The van der Waals surface area contributed by atoms with Crippen LogP contribution in [0.15, 0.2) is 53.4 Å². The second-order valence-electron chi connectivity index (χ2n) is 6.53. The minimum Gasteiger partial charge on any atom is -0.381 e. The zero-order valence-electron chi connectivity index (χ0n) is 14.4. The van der Waals surface area contributed by atoms with Gasteiger partial charge in [0.15, 0.2) is 9.84 Å². The van der Waals surface area contributed by atoms with E-state index in [9.17, 15) is 12.8 Å². The van der Waals surface area contributed by atoms with Crippen LogP contribution in [0, 0.1) is 11.2 Å². The minimum atomic E-state index is -3.68. The highest BCUT2D eigenvalue weighted by atomic mass is 35.5. The highest BCUT2D eigenvalue weighted by Crippen LogP contribution is 2.63. The summed E-state index contributed by atoms with van der Waals surface area (Å²) in [5.41, 5.74) is 5.85. The summed E-state index contributed by atoms with van der Waals surface area (Å²) in [5, 5.41) is -0.310. The Bertz CT molecular complexity index is 888. The van der Waals surface area contributed by atoms with Crippen molar-refractivity contribution in [3.63, 3.8) is 0 Å². The van der Waals surface area contributed by atoms with Crippen LogP contribution >= 0.6 is 11.6 Å². The van der Waals surface area contributed by atoms with Crippen LogP contribution in [0.3, 0.4) is 0 Å². The van der Waals surface area contributed by atoms with Gasteiger partial charge in [-0.3, -0.25) is 0 Å². The molecule has 2 N–H and O–H groups in total. The Kier molecular flexibility index (Phi) is 5.40. The molecule has 0 unspecified atom stereocenters. The zero-order valence-corrected chi connectivity index (χ0v) is 15.9. The molecular formula is C19H21ClFNO3S. The number of benzene rings is 2. The number of hydrogen-bond donors (Lipinski definition) is 1. The average molecular weight is 398 g/mol. The fraction of sp³-hybridized carbons (Fsp3) is 0.368. The van der Waals surface area contributed by atoms with E-state index < -0.39 is 32.2 Å². The molecule has 26 heavy (non-hydrogen) atoms. The van der Waals surface area contributed by atoms with E-state index in [2.05, 4.69) is 0 Å². The summed E-state index contributed by atoms with van der Waals surface area (Å²) in [5.74, 6) is -0.824. The number of halogens is 2. The van der Waals surface area contributed by atoms with Crippen molar-refractivity contribution in [1.82, 2.24) is 0 Å². The molecule has 0 aromatic heterocycles. The highest BCUT2D eigenvalue weighted by molar-refractivity contribution is 7.92. The van der Waals surface area contributed by atoms with Crippen molar-refractivity contribution in [2.75, 3.05) is 19.8 Å². The molecule has 140 valence electrons. The monoisotopic (exact) mass is 397 g/mol. The summed E-state index contributed by atoms with van der Waals surface area (Å²) in [6, 6.07) is 12.1. The van der Waals surface area contributed by atoms with Gasteiger partial charge < -0.3 is 10.5 Å². The molecule has 7 heteroatoms. The van der Waals surface area contributed by atoms with Crippen LogP contribution in [0.1, 0.15) is 18.4 Å². The molecule has 0 radical (unpaired) electrons. The van der Waals surface area contributed by atoms with Gasteiger partial charge in [-0.1, -0.05) is 23.7 Å². The van der Waals surface area contributed by atoms with Crippen molar-refractivity contribution >= 4 is 21.4 Å². The maximum absolute atomic E-state index is 13.7. The molecule has 0 amide bonds. The molecule has 4 nitrogen and oxygen atoms in total. The number of nitrogens with two attached hydrogens (primary N) is 1. The lowest BCUT2D eigenvalue weighted by atomic mass is 10.00. The Labute approximate surface area is 158 Å². The standard InChI is InChI=1S/C19H21ClFNO3S/c1-2-25-12-19(11-22)17(13-4-3-5-15(21)10-13)18(19)26(23,24)16-8-6-14(20)7-9-16/h3-10,17-18H,2,11-12,22H2,1H3/t17-,18+,19+/m1/s1. The lowest BCUT2D eigenvalue weighted by Crippen LogP contribution is -2.29. The van der Waals surface area contributed by atoms with Gasteiger partial charge in [-0.05, 0) is 48.9 Å². The van der Waals surface area contributed by atoms with E-state index >= 15 is 0 Å². The van der Waals surface area contributed by atoms with Gasteiger partial charge in [0, 0.05) is 29.5 Å². The summed E-state index contributed by atoms with van der Waals surface area (Å²) in [6.07, 6.45) is 0. The quantitative estimate of drug-likeness (QED) is 0.777. The molecule has 1 aliphatic rings. The number of ether oxygens (including phenoxy) is 1. The SMILES string of the molecule is CCOC[C@@]1(CN)[C@H](c2cccc(F)c2)[C@@H]1S(=O)(=O)c1ccc(Cl)cc1. The van der Waals surface area contributed by atoms with Crippen molar-refractivity contribution in [2.24, 2.45) is 11.1 Å². The van der Waals surface area contributed by atoms with Crippen LogP contribution < -0.4 is 5.73 Å². The van der Waals surface area contributed by atoms with Crippen LogP contribution in [0.2, 0.25) is 5.02 Å². The van der Waals surface area contributed by atoms with E-state index in [1.807, 2.05) is 6.92 Å². The van der Waals surface area contributed by atoms with Crippen molar-refractivity contribution < 1.29 is 17.5 Å². The van der Waals surface area contributed by atoms with Crippen molar-refractivity contribution in [2.45, 2.75) is 23.0 Å². The van der Waals surface area contributed by atoms with E-state index in [4.69, 9.17) is 22.1 Å². The topological polar surface area (TPSA) is 69.4 Å². The Morgan fingerprint density at radius 1 is 1.23 bits per heavy atom. The third-order valence-corrected chi connectivity index (χ3v) is 7.61. The fourth-order valence-corrected chi connectivity index (χ4v) is 6.26. The Hall–Kier alpha value is -1.47. The number of sulfone groups is 1. The summed E-state index contributed by atoms with van der Waals surface area (Å²) in [7, 11) is -3.68. The second kappa shape index (κ2) is 7.27. The van der Waals surface area contributed by atoms with E-state index in [1.165, 1.54) is 24.3 Å². The van der Waals surface area contributed by atoms with Gasteiger partial charge in [-0.25, -0.2) is 12.8 Å². The Balaban J connectivity index is 2.05. The smallest absolute Gasteiger partial charge is 0.182 e. The van der Waals surface area contributed by atoms with Crippen molar-refractivity contribution in [3.8, 4) is 0 Å². The van der Waals surface area contributed by atoms with E-state index in [0.29, 0.717) is 17.2 Å². The molecule has 1 aliphatic carbocycles. The Morgan fingerprint density at radius 2 is 1.92 bits per heavy atom. The lowest BCUT2D eigenvalue weighted by Gasteiger charge is -2.16. The van der Waals surface area contributed by atoms with Gasteiger partial charge in [0.2, 0.25) is 0 Å². The molecule has 0 aliphatic heterocycles. The molecule has 1 fully saturated rings. The fourth-order valence-electron chi connectivity index (χ4n) is 3.69. The normalized spacial score (nSPS) is 25.2. The number of rotatable bonds is 7. The van der Waals surface area contributed by atoms with E-state index in [-0.39, 0.29) is 18.0 Å². The summed E-state index contributed by atoms with van der Waals surface area (Å²) in [4.78, 5) is 0.181. The first-order valence-electron chi connectivity index (χ1n) is 8.39. The van der Waals surface area contributed by atoms with Crippen LogP contribution in [0.4, 0.5) is 4.39 Å². The summed E-state index contributed by atoms with van der Waals surface area (Å²) >= 11 is 5.87. The largest absolute Gasteiger partial charge is 0.381 e. The van der Waals surface area contributed by atoms with Crippen molar-refractivity contribution in [1.29, 1.82) is 0 Å². The van der Waals surface area contributed by atoms with E-state index in [0.717, 1.165) is 0 Å². The average Bonchev–Trinajstić information content (AvgIpc) is 3.31. The van der Waals surface area contributed by atoms with Gasteiger partial charge in [-0.2, -0.15) is 0 Å². The minimum absolute atomic E-state index is 0.131. The van der Waals surface area contributed by atoms with Crippen LogP contribution in [0.5, 0.6) is 0 Å². The van der Waals surface area contributed by atoms with Crippen LogP contribution in [-0.4, -0.2) is 33.4 Å². The maximum atomic E-state index is 13.7. The molecule has 3 atom stereocenters. The first-order valence-corrected chi connectivity index (χ1v) is 10.3. The van der Waals surface area contributed by atoms with Gasteiger partial charge >= 0.3 is 0 Å². The molecular weight excluding hydrogens is 377 g/mol. The molecule has 0 bridgehead atoms. The molecule has 0 spiro atoms. The molecule has 3 rings (SSSR count). The van der Waals surface area contributed by atoms with Crippen LogP contribution in [-0.2, 0) is 14.6 Å². The Morgan fingerprint density at radius 3 is 2.50 bits per heavy atom. The maximum Gasteiger partial charge on any atom is 0.182 e.